The summed E-state index contributed by atoms with van der Waals surface area (Å²) in [4.78, 5) is 17.8. The molecule has 2 heterocycles. The zero-order chi connectivity index (χ0) is 21.9. The molecule has 1 atom stereocenters. The quantitative estimate of drug-likeness (QED) is 0.665. The number of aryl methyl sites for hydroxylation is 1. The molecule has 1 amide bonds. The maximum atomic E-state index is 13.0. The molecule has 1 unspecified atom stereocenters. The van der Waals surface area contributed by atoms with Crippen molar-refractivity contribution in [3.63, 3.8) is 0 Å². The van der Waals surface area contributed by atoms with Crippen LogP contribution in [0.4, 0.5) is 5.69 Å². The second-order valence-corrected chi connectivity index (χ2v) is 8.85. The van der Waals surface area contributed by atoms with Crippen molar-refractivity contribution in [3.05, 3.63) is 77.4 Å². The molecule has 5 nitrogen and oxygen atoms in total. The molecule has 1 fully saturated rings. The lowest BCUT2D eigenvalue weighted by Crippen LogP contribution is -2.44. The average molecular weight is 430 g/mol. The number of carbonyl (C=O) groups excluding carboxylic acids is 1. The van der Waals surface area contributed by atoms with Gasteiger partial charge in [-0.2, -0.15) is 0 Å². The molecule has 3 aromatic rings. The van der Waals surface area contributed by atoms with Crippen molar-refractivity contribution < 1.29 is 9.53 Å². The number of morpholine rings is 1. The molecule has 32 heavy (non-hydrogen) atoms. The van der Waals surface area contributed by atoms with Crippen molar-refractivity contribution in [1.29, 1.82) is 0 Å². The summed E-state index contributed by atoms with van der Waals surface area (Å²) < 4.78 is 5.59. The first kappa shape index (κ1) is 21.0. The lowest BCUT2D eigenvalue weighted by Gasteiger charge is -2.36. The number of hydrogen-bond acceptors (Lipinski definition) is 4. The molecule has 166 valence electrons. The topological polar surface area (TPSA) is 44.8 Å². The molecule has 0 aromatic heterocycles. The van der Waals surface area contributed by atoms with Gasteiger partial charge in [-0.1, -0.05) is 42.5 Å². The highest BCUT2D eigenvalue weighted by atomic mass is 16.5. The minimum atomic E-state index is -0.0216. The summed E-state index contributed by atoms with van der Waals surface area (Å²) in [6, 6.07) is 21.0. The van der Waals surface area contributed by atoms with Crippen LogP contribution in [-0.4, -0.2) is 57.2 Å². The minimum absolute atomic E-state index is 0.0216. The van der Waals surface area contributed by atoms with E-state index >= 15 is 0 Å². The largest absolute Gasteiger partial charge is 0.379 e. The van der Waals surface area contributed by atoms with Crippen LogP contribution in [-0.2, 0) is 11.2 Å². The van der Waals surface area contributed by atoms with E-state index in [4.69, 9.17) is 4.74 Å². The van der Waals surface area contributed by atoms with E-state index in [1.807, 2.05) is 36.4 Å². The van der Waals surface area contributed by atoms with Crippen LogP contribution in [0.25, 0.3) is 10.8 Å². The molecular formula is C27H31N3O2. The van der Waals surface area contributed by atoms with E-state index in [1.165, 1.54) is 23.2 Å². The summed E-state index contributed by atoms with van der Waals surface area (Å²) in [7, 11) is 2.17. The molecule has 5 heteroatoms. The number of hydrogen-bond donors (Lipinski definition) is 1. The predicted molar refractivity (Wildman–Crippen MR) is 129 cm³/mol. The Balaban J connectivity index is 1.37. The van der Waals surface area contributed by atoms with Crippen LogP contribution in [0.15, 0.2) is 60.7 Å². The Kier molecular flexibility index (Phi) is 6.10. The van der Waals surface area contributed by atoms with Crippen LogP contribution < -0.4 is 10.2 Å². The minimum Gasteiger partial charge on any atom is -0.379 e. The number of nitrogens with zero attached hydrogens (tertiary/aromatic N) is 2. The van der Waals surface area contributed by atoms with E-state index in [-0.39, 0.29) is 11.9 Å². The van der Waals surface area contributed by atoms with Crippen LogP contribution in [0.1, 0.15) is 33.9 Å². The summed E-state index contributed by atoms with van der Waals surface area (Å²) in [6.07, 6.45) is 2.31. The van der Waals surface area contributed by atoms with Crippen LogP contribution in [0.3, 0.4) is 0 Å². The number of amides is 1. The third-order valence-corrected chi connectivity index (χ3v) is 6.79. The van der Waals surface area contributed by atoms with Gasteiger partial charge in [-0.15, -0.1) is 0 Å². The molecule has 3 aromatic carbocycles. The van der Waals surface area contributed by atoms with Crippen molar-refractivity contribution in [1.82, 2.24) is 10.2 Å². The third kappa shape index (κ3) is 4.36. The lowest BCUT2D eigenvalue weighted by atomic mass is 9.95. The number of fused-ring (bicyclic) bond motifs is 2. The van der Waals surface area contributed by atoms with E-state index in [1.54, 1.807) is 0 Å². The van der Waals surface area contributed by atoms with Gasteiger partial charge >= 0.3 is 0 Å². The fourth-order valence-electron chi connectivity index (χ4n) is 4.98. The zero-order valence-corrected chi connectivity index (χ0v) is 18.7. The van der Waals surface area contributed by atoms with E-state index in [9.17, 15) is 4.79 Å². The first-order valence-electron chi connectivity index (χ1n) is 11.6. The van der Waals surface area contributed by atoms with Gasteiger partial charge in [0, 0.05) is 44.5 Å². The lowest BCUT2D eigenvalue weighted by molar-refractivity contribution is 0.0162. The first-order chi connectivity index (χ1) is 15.7. The Hall–Kier alpha value is -2.89. The molecule has 2 aliphatic heterocycles. The van der Waals surface area contributed by atoms with Crippen molar-refractivity contribution in [2.75, 3.05) is 51.3 Å². The van der Waals surface area contributed by atoms with Gasteiger partial charge in [0.15, 0.2) is 0 Å². The molecule has 1 saturated heterocycles. The fourth-order valence-corrected chi connectivity index (χ4v) is 4.98. The highest BCUT2D eigenvalue weighted by molar-refractivity contribution is 5.98. The number of benzene rings is 3. The normalized spacial score (nSPS) is 17.7. The smallest absolute Gasteiger partial charge is 0.251 e. The predicted octanol–water partition coefficient (Wildman–Crippen LogP) is 4.03. The van der Waals surface area contributed by atoms with Crippen LogP contribution in [0.5, 0.6) is 0 Å². The fraction of sp³-hybridized carbons (Fsp3) is 0.370. The van der Waals surface area contributed by atoms with Gasteiger partial charge in [0.2, 0.25) is 0 Å². The molecule has 0 bridgehead atoms. The second-order valence-electron chi connectivity index (χ2n) is 8.85. The highest BCUT2D eigenvalue weighted by Crippen LogP contribution is 2.31. The maximum Gasteiger partial charge on any atom is 0.251 e. The van der Waals surface area contributed by atoms with Crippen molar-refractivity contribution in [2.24, 2.45) is 0 Å². The van der Waals surface area contributed by atoms with Crippen LogP contribution in [0.2, 0.25) is 0 Å². The van der Waals surface area contributed by atoms with Crippen molar-refractivity contribution >= 4 is 22.4 Å². The van der Waals surface area contributed by atoms with Crippen LogP contribution in [0, 0.1) is 0 Å². The summed E-state index contributed by atoms with van der Waals surface area (Å²) in [5.74, 6) is -0.0216. The summed E-state index contributed by atoms with van der Waals surface area (Å²) in [5.41, 5.74) is 4.73. The van der Waals surface area contributed by atoms with E-state index in [0.717, 1.165) is 50.0 Å². The SMILES string of the molecule is CN1CCCc2cc(C(CNC(=O)c3ccc4ccccc4c3)N3CCOCC3)ccc21. The zero-order valence-electron chi connectivity index (χ0n) is 18.7. The molecule has 2 aliphatic rings. The highest BCUT2D eigenvalue weighted by Gasteiger charge is 2.25. The number of ether oxygens (including phenoxy) is 1. The van der Waals surface area contributed by atoms with Gasteiger partial charge in [-0.25, -0.2) is 0 Å². The van der Waals surface area contributed by atoms with Gasteiger partial charge in [0.05, 0.1) is 19.3 Å². The summed E-state index contributed by atoms with van der Waals surface area (Å²) in [6.45, 7) is 4.94. The second kappa shape index (κ2) is 9.31. The Bertz CT molecular complexity index is 1110. The van der Waals surface area contributed by atoms with E-state index in [0.29, 0.717) is 12.1 Å². The van der Waals surface area contributed by atoms with Gasteiger partial charge < -0.3 is 15.0 Å². The maximum absolute atomic E-state index is 13.0. The number of rotatable bonds is 5. The van der Waals surface area contributed by atoms with Crippen molar-refractivity contribution in [3.8, 4) is 0 Å². The molecule has 5 rings (SSSR count). The third-order valence-electron chi connectivity index (χ3n) is 6.79. The van der Waals surface area contributed by atoms with Crippen LogP contribution >= 0.6 is 0 Å². The molecule has 0 radical (unpaired) electrons. The Morgan fingerprint density at radius 3 is 2.66 bits per heavy atom. The molecule has 0 saturated carbocycles. The molecule has 1 N–H and O–H groups in total. The number of anilines is 1. The monoisotopic (exact) mass is 429 g/mol. The van der Waals surface area contributed by atoms with Gasteiger partial charge in [-0.05, 0) is 52.9 Å². The van der Waals surface area contributed by atoms with Crippen molar-refractivity contribution in [2.45, 2.75) is 18.9 Å². The summed E-state index contributed by atoms with van der Waals surface area (Å²) in [5, 5.41) is 5.45. The Morgan fingerprint density at radius 1 is 1.00 bits per heavy atom. The molecular weight excluding hydrogens is 398 g/mol. The number of carbonyl (C=O) groups is 1. The van der Waals surface area contributed by atoms with E-state index < -0.39 is 0 Å². The van der Waals surface area contributed by atoms with Gasteiger partial charge in [0.1, 0.15) is 0 Å². The Morgan fingerprint density at radius 2 is 1.81 bits per heavy atom. The average Bonchev–Trinajstić information content (AvgIpc) is 2.84. The molecule has 0 aliphatic carbocycles. The summed E-state index contributed by atoms with van der Waals surface area (Å²) >= 11 is 0. The number of nitrogens with one attached hydrogen (secondary N) is 1. The van der Waals surface area contributed by atoms with Gasteiger partial charge in [0.25, 0.3) is 5.91 Å². The van der Waals surface area contributed by atoms with Gasteiger partial charge in [-0.3, -0.25) is 9.69 Å². The first-order valence-corrected chi connectivity index (χ1v) is 11.6. The van der Waals surface area contributed by atoms with E-state index in [2.05, 4.69) is 46.4 Å². The molecule has 0 spiro atoms. The standard InChI is InChI=1S/C27H31N3O2/c1-29-12-4-7-22-18-23(10-11-25(22)29)26(30-13-15-32-16-14-30)19-28-27(31)24-9-8-20-5-2-3-6-21(20)17-24/h2-3,5-6,8-11,17-18,26H,4,7,12-16,19H2,1H3,(H,28,31). The Labute approximate surface area is 190 Å².